The third kappa shape index (κ3) is 5.28. The van der Waals surface area contributed by atoms with Gasteiger partial charge in [0.1, 0.15) is 4.34 Å². The number of rotatable bonds is 8. The minimum absolute atomic E-state index is 0.0889. The average molecular weight is 488 g/mol. The fourth-order valence-electron chi connectivity index (χ4n) is 2.78. The number of methoxy groups -OCH3 is 1. The maximum atomic E-state index is 11.8. The van der Waals surface area contributed by atoms with E-state index in [9.17, 15) is 4.79 Å². The standard InChI is InChI=1S/C20H23Cl2N3O3S2/c1-5-10(2)14(21)13-11(3)23-19(25-17(13)28-9-12-7-6-8-12)30-20-24-15(16(22)29-20)18(26)27-4/h12H,5-9H2,1-4H3. The molecule has 0 aliphatic heterocycles. The molecule has 3 rings (SSSR count). The summed E-state index contributed by atoms with van der Waals surface area (Å²) in [6, 6.07) is 0. The first-order chi connectivity index (χ1) is 14.3. The topological polar surface area (TPSA) is 74.2 Å². The van der Waals surface area contributed by atoms with Crippen molar-refractivity contribution < 1.29 is 14.3 Å². The summed E-state index contributed by atoms with van der Waals surface area (Å²) in [7, 11) is 1.29. The number of carbonyl (C=O) groups is 1. The zero-order chi connectivity index (χ0) is 21.8. The fraction of sp³-hybridized carbons (Fsp3) is 0.500. The number of aromatic nitrogens is 3. The molecule has 0 atom stereocenters. The van der Waals surface area contributed by atoms with E-state index in [0.717, 1.165) is 23.3 Å². The van der Waals surface area contributed by atoms with Crippen molar-refractivity contribution in [2.45, 2.75) is 56.0 Å². The van der Waals surface area contributed by atoms with Gasteiger partial charge in [-0.2, -0.15) is 4.98 Å². The van der Waals surface area contributed by atoms with Crippen LogP contribution in [0.1, 0.15) is 61.3 Å². The number of esters is 1. The molecule has 0 radical (unpaired) electrons. The summed E-state index contributed by atoms with van der Waals surface area (Å²) in [5.41, 5.74) is 2.59. The lowest BCUT2D eigenvalue weighted by Gasteiger charge is -2.25. The van der Waals surface area contributed by atoms with E-state index in [-0.39, 0.29) is 10.0 Å². The number of aryl methyl sites for hydroxylation is 1. The van der Waals surface area contributed by atoms with E-state index in [2.05, 4.69) is 21.9 Å². The van der Waals surface area contributed by atoms with Gasteiger partial charge in [0.05, 0.1) is 30.0 Å². The molecule has 1 saturated carbocycles. The first-order valence-corrected chi connectivity index (χ1v) is 12.0. The van der Waals surface area contributed by atoms with E-state index in [4.69, 9.17) is 32.7 Å². The molecule has 0 unspecified atom stereocenters. The number of ether oxygens (including phenoxy) is 2. The molecule has 0 N–H and O–H groups in total. The molecule has 2 heterocycles. The monoisotopic (exact) mass is 487 g/mol. The van der Waals surface area contributed by atoms with Gasteiger partial charge in [0.25, 0.3) is 0 Å². The second-order valence-corrected chi connectivity index (χ2v) is 10.2. The van der Waals surface area contributed by atoms with Gasteiger partial charge in [0, 0.05) is 0 Å². The van der Waals surface area contributed by atoms with Gasteiger partial charge >= 0.3 is 5.97 Å². The van der Waals surface area contributed by atoms with Gasteiger partial charge in [-0.1, -0.05) is 53.5 Å². The van der Waals surface area contributed by atoms with Crippen LogP contribution in [0.3, 0.4) is 0 Å². The molecule has 0 saturated heterocycles. The van der Waals surface area contributed by atoms with Crippen molar-refractivity contribution >= 4 is 57.3 Å². The molecular formula is C20H23Cl2N3O3S2. The number of hydrogen-bond acceptors (Lipinski definition) is 8. The molecule has 0 amide bonds. The van der Waals surface area contributed by atoms with Crippen molar-refractivity contribution in [2.24, 2.45) is 5.92 Å². The van der Waals surface area contributed by atoms with E-state index >= 15 is 0 Å². The number of carbonyl (C=O) groups excluding carboxylic acids is 1. The molecule has 10 heteroatoms. The first-order valence-electron chi connectivity index (χ1n) is 9.63. The lowest BCUT2D eigenvalue weighted by atomic mass is 9.86. The maximum Gasteiger partial charge on any atom is 0.359 e. The quantitative estimate of drug-likeness (QED) is 0.315. The van der Waals surface area contributed by atoms with E-state index < -0.39 is 5.97 Å². The molecule has 0 spiro atoms. The highest BCUT2D eigenvalue weighted by molar-refractivity contribution is 8.00. The molecule has 2 aromatic heterocycles. The van der Waals surface area contributed by atoms with Crippen molar-refractivity contribution in [1.82, 2.24) is 15.0 Å². The first kappa shape index (κ1) is 23.3. The Kier molecular flexibility index (Phi) is 8.01. The summed E-state index contributed by atoms with van der Waals surface area (Å²) < 4.78 is 11.6. The molecule has 0 bridgehead atoms. The van der Waals surface area contributed by atoms with E-state index in [1.165, 1.54) is 49.5 Å². The number of hydrogen-bond donors (Lipinski definition) is 0. The zero-order valence-electron chi connectivity index (χ0n) is 17.3. The normalized spacial score (nSPS) is 14.9. The Morgan fingerprint density at radius 1 is 1.30 bits per heavy atom. The van der Waals surface area contributed by atoms with Crippen molar-refractivity contribution in [3.63, 3.8) is 0 Å². The Bertz CT molecular complexity index is 974. The third-order valence-corrected chi connectivity index (χ3v) is 7.66. The summed E-state index contributed by atoms with van der Waals surface area (Å²) >= 11 is 15.2. The van der Waals surface area contributed by atoms with Crippen LogP contribution in [-0.4, -0.2) is 34.6 Å². The highest BCUT2D eigenvalue weighted by Crippen LogP contribution is 2.39. The van der Waals surface area contributed by atoms with Crippen LogP contribution in [0.4, 0.5) is 0 Å². The summed E-state index contributed by atoms with van der Waals surface area (Å²) in [6.07, 6.45) is 4.41. The molecule has 30 heavy (non-hydrogen) atoms. The van der Waals surface area contributed by atoms with Crippen molar-refractivity contribution in [1.29, 1.82) is 0 Å². The van der Waals surface area contributed by atoms with Crippen LogP contribution in [0.25, 0.3) is 5.03 Å². The van der Waals surface area contributed by atoms with Gasteiger partial charge in [-0.05, 0) is 50.8 Å². The molecule has 1 fully saturated rings. The largest absolute Gasteiger partial charge is 0.477 e. The number of allylic oxidation sites excluding steroid dienone is 1. The van der Waals surface area contributed by atoms with Crippen LogP contribution in [0.5, 0.6) is 5.88 Å². The summed E-state index contributed by atoms with van der Waals surface area (Å²) in [4.78, 5) is 25.2. The smallest absolute Gasteiger partial charge is 0.359 e. The Morgan fingerprint density at radius 3 is 2.63 bits per heavy atom. The van der Waals surface area contributed by atoms with Crippen LogP contribution in [-0.2, 0) is 4.74 Å². The van der Waals surface area contributed by atoms with E-state index in [1.807, 2.05) is 13.8 Å². The highest BCUT2D eigenvalue weighted by Gasteiger charge is 2.24. The summed E-state index contributed by atoms with van der Waals surface area (Å²) in [5, 5.41) is 1.08. The predicted molar refractivity (Wildman–Crippen MR) is 121 cm³/mol. The van der Waals surface area contributed by atoms with Crippen molar-refractivity contribution in [3.8, 4) is 5.88 Å². The number of halogens is 2. The van der Waals surface area contributed by atoms with Gasteiger partial charge in [-0.3, -0.25) is 0 Å². The van der Waals surface area contributed by atoms with Gasteiger partial charge in [-0.25, -0.2) is 14.8 Å². The average Bonchev–Trinajstić information content (AvgIpc) is 3.04. The van der Waals surface area contributed by atoms with Gasteiger partial charge in [0.2, 0.25) is 5.88 Å². The SMILES string of the molecule is CCC(C)=C(Cl)c1c(C)nc(Sc2nc(C(=O)OC)c(Cl)s2)nc1OCC1CCC1. The van der Waals surface area contributed by atoms with Crippen LogP contribution in [0.2, 0.25) is 4.34 Å². The molecule has 0 aromatic carbocycles. The third-order valence-electron chi connectivity index (χ3n) is 4.96. The van der Waals surface area contributed by atoms with Crippen molar-refractivity contribution in [2.75, 3.05) is 13.7 Å². The Labute approximate surface area is 194 Å². The zero-order valence-corrected chi connectivity index (χ0v) is 20.4. The van der Waals surface area contributed by atoms with Gasteiger partial charge in [0.15, 0.2) is 15.2 Å². The van der Waals surface area contributed by atoms with Crippen LogP contribution in [0.15, 0.2) is 15.1 Å². The minimum atomic E-state index is -0.577. The lowest BCUT2D eigenvalue weighted by Crippen LogP contribution is -2.20. The second kappa shape index (κ2) is 10.3. The maximum absolute atomic E-state index is 11.8. The van der Waals surface area contributed by atoms with Crippen LogP contribution >= 0.6 is 46.3 Å². The molecule has 2 aromatic rings. The highest BCUT2D eigenvalue weighted by atomic mass is 35.5. The van der Waals surface area contributed by atoms with Crippen LogP contribution in [0, 0.1) is 12.8 Å². The van der Waals surface area contributed by atoms with Gasteiger partial charge < -0.3 is 9.47 Å². The van der Waals surface area contributed by atoms with E-state index in [0.29, 0.717) is 32.9 Å². The molecule has 6 nitrogen and oxygen atoms in total. The van der Waals surface area contributed by atoms with Gasteiger partial charge in [-0.15, -0.1) is 0 Å². The molecule has 1 aliphatic rings. The number of nitrogens with zero attached hydrogens (tertiary/aromatic N) is 3. The minimum Gasteiger partial charge on any atom is -0.477 e. The summed E-state index contributed by atoms with van der Waals surface area (Å²) in [5.74, 6) is 0.456. The Hall–Kier alpha value is -1.35. The lowest BCUT2D eigenvalue weighted by molar-refractivity contribution is 0.0594. The molecular weight excluding hydrogens is 465 g/mol. The fourth-order valence-corrected chi connectivity index (χ4v) is 5.36. The Morgan fingerprint density at radius 2 is 2.03 bits per heavy atom. The van der Waals surface area contributed by atoms with Crippen LogP contribution < -0.4 is 4.74 Å². The Balaban J connectivity index is 1.93. The number of thiazole rings is 1. The molecule has 1 aliphatic carbocycles. The van der Waals surface area contributed by atoms with E-state index in [1.54, 1.807) is 0 Å². The molecule has 162 valence electrons. The predicted octanol–water partition coefficient (Wildman–Crippen LogP) is 6.39. The second-order valence-electron chi connectivity index (χ2n) is 7.02. The van der Waals surface area contributed by atoms with Crippen molar-refractivity contribution in [3.05, 3.63) is 26.9 Å². The summed E-state index contributed by atoms with van der Waals surface area (Å²) in [6.45, 7) is 6.54.